The third-order valence-electron chi connectivity index (χ3n) is 4.85. The lowest BCUT2D eigenvalue weighted by molar-refractivity contribution is -0.171. The second kappa shape index (κ2) is 4.47. The van der Waals surface area contributed by atoms with Crippen molar-refractivity contribution in [1.82, 2.24) is 4.90 Å². The average molecular weight is 269 g/mol. The molecule has 108 valence electrons. The molecule has 1 amide bonds. The zero-order valence-electron chi connectivity index (χ0n) is 12.1. The Morgan fingerprint density at radius 1 is 1.37 bits per heavy atom. The lowest BCUT2D eigenvalue weighted by Gasteiger charge is -2.55. The first kappa shape index (κ1) is 14.3. The summed E-state index contributed by atoms with van der Waals surface area (Å²) in [6, 6.07) is 0.0633. The second-order valence-corrected chi connectivity index (χ2v) is 6.32. The van der Waals surface area contributed by atoms with Gasteiger partial charge in [-0.25, -0.2) is 0 Å². The summed E-state index contributed by atoms with van der Waals surface area (Å²) in [4.78, 5) is 25.2. The van der Waals surface area contributed by atoms with Crippen molar-refractivity contribution in [3.05, 3.63) is 0 Å². The van der Waals surface area contributed by atoms with Gasteiger partial charge in [0.25, 0.3) is 0 Å². The lowest BCUT2D eigenvalue weighted by atomic mass is 9.63. The summed E-state index contributed by atoms with van der Waals surface area (Å²) in [6.07, 6.45) is 1.87. The summed E-state index contributed by atoms with van der Waals surface area (Å²) >= 11 is 0. The Kier molecular flexibility index (Phi) is 3.37. The highest BCUT2D eigenvalue weighted by Gasteiger charge is 2.61. The average Bonchev–Trinajstić information content (AvgIpc) is 3.13. The van der Waals surface area contributed by atoms with Crippen molar-refractivity contribution >= 4 is 11.9 Å². The smallest absolute Gasteiger partial charge is 0.319 e. The number of carbonyl (C=O) groups is 2. The van der Waals surface area contributed by atoms with Crippen molar-refractivity contribution in [3.63, 3.8) is 0 Å². The SMILES string of the molecule is CCO[C@@H]1C[C@@H](N(C)C(=O)C2(C(=O)O)CC2)C1(C)C. The number of carboxylic acid groups (broad SMARTS) is 1. The van der Waals surface area contributed by atoms with E-state index in [1.54, 1.807) is 11.9 Å². The zero-order valence-corrected chi connectivity index (χ0v) is 12.1. The molecule has 0 aliphatic heterocycles. The Balaban J connectivity index is 2.04. The maximum Gasteiger partial charge on any atom is 0.319 e. The van der Waals surface area contributed by atoms with Crippen molar-refractivity contribution in [2.75, 3.05) is 13.7 Å². The van der Waals surface area contributed by atoms with Crippen molar-refractivity contribution < 1.29 is 19.4 Å². The van der Waals surface area contributed by atoms with Crippen LogP contribution in [0.5, 0.6) is 0 Å². The van der Waals surface area contributed by atoms with Gasteiger partial charge in [0.05, 0.1) is 6.10 Å². The Labute approximate surface area is 113 Å². The number of aliphatic carboxylic acids is 1. The first-order valence-electron chi connectivity index (χ1n) is 6.89. The van der Waals surface area contributed by atoms with Crippen LogP contribution in [0.4, 0.5) is 0 Å². The van der Waals surface area contributed by atoms with E-state index in [0.29, 0.717) is 19.4 Å². The van der Waals surface area contributed by atoms with Gasteiger partial charge in [-0.3, -0.25) is 9.59 Å². The highest BCUT2D eigenvalue weighted by molar-refractivity contribution is 6.04. The van der Waals surface area contributed by atoms with E-state index in [1.807, 2.05) is 6.92 Å². The fourth-order valence-corrected chi connectivity index (χ4v) is 3.13. The number of hydrogen-bond acceptors (Lipinski definition) is 3. The molecule has 0 aromatic rings. The fourth-order valence-electron chi connectivity index (χ4n) is 3.13. The molecule has 2 aliphatic carbocycles. The summed E-state index contributed by atoms with van der Waals surface area (Å²) in [7, 11) is 1.72. The van der Waals surface area contributed by atoms with Crippen LogP contribution < -0.4 is 0 Å². The molecule has 2 aliphatic rings. The normalized spacial score (nSPS) is 30.3. The summed E-state index contributed by atoms with van der Waals surface area (Å²) < 4.78 is 5.65. The van der Waals surface area contributed by atoms with Crippen LogP contribution >= 0.6 is 0 Å². The van der Waals surface area contributed by atoms with Gasteiger partial charge in [0.15, 0.2) is 0 Å². The minimum atomic E-state index is -1.14. The molecule has 5 heteroatoms. The molecular weight excluding hydrogens is 246 g/mol. The lowest BCUT2D eigenvalue weighted by Crippen LogP contribution is -2.63. The summed E-state index contributed by atoms with van der Waals surface area (Å²) in [5.41, 5.74) is -1.25. The van der Waals surface area contributed by atoms with Crippen LogP contribution in [0.25, 0.3) is 0 Å². The number of ether oxygens (including phenoxy) is 1. The standard InChI is InChI=1S/C14H23NO4/c1-5-19-10-8-9(13(10,2)3)15(4)11(16)14(6-7-14)12(17)18/h9-10H,5-8H2,1-4H3,(H,17,18)/t9-,10-/m1/s1. The number of nitrogens with zero attached hydrogens (tertiary/aromatic N) is 1. The van der Waals surface area contributed by atoms with E-state index in [-0.39, 0.29) is 23.5 Å². The first-order valence-corrected chi connectivity index (χ1v) is 6.89. The van der Waals surface area contributed by atoms with Crippen molar-refractivity contribution in [3.8, 4) is 0 Å². The molecule has 0 aromatic carbocycles. The number of carbonyl (C=O) groups excluding carboxylic acids is 1. The Bertz CT molecular complexity index is 400. The van der Waals surface area contributed by atoms with Crippen LogP contribution in [0.15, 0.2) is 0 Å². The summed E-state index contributed by atoms with van der Waals surface area (Å²) in [5, 5.41) is 9.19. The predicted octanol–water partition coefficient (Wildman–Crippen LogP) is 1.51. The minimum absolute atomic E-state index is 0.0633. The van der Waals surface area contributed by atoms with Crippen LogP contribution in [-0.2, 0) is 14.3 Å². The van der Waals surface area contributed by atoms with Gasteiger partial charge in [0.2, 0.25) is 5.91 Å². The van der Waals surface area contributed by atoms with Gasteiger partial charge >= 0.3 is 5.97 Å². The van der Waals surface area contributed by atoms with E-state index in [4.69, 9.17) is 4.74 Å². The van der Waals surface area contributed by atoms with E-state index in [9.17, 15) is 14.7 Å². The predicted molar refractivity (Wildman–Crippen MR) is 69.7 cm³/mol. The van der Waals surface area contributed by atoms with Crippen LogP contribution in [0.3, 0.4) is 0 Å². The minimum Gasteiger partial charge on any atom is -0.480 e. The van der Waals surface area contributed by atoms with Crippen molar-refractivity contribution in [1.29, 1.82) is 0 Å². The van der Waals surface area contributed by atoms with E-state index in [1.165, 1.54) is 0 Å². The molecule has 0 aromatic heterocycles. The van der Waals surface area contributed by atoms with Gasteiger partial charge in [-0.1, -0.05) is 13.8 Å². The number of hydrogen-bond donors (Lipinski definition) is 1. The molecular formula is C14H23NO4. The van der Waals surface area contributed by atoms with E-state index < -0.39 is 11.4 Å². The van der Waals surface area contributed by atoms with Gasteiger partial charge < -0.3 is 14.7 Å². The molecule has 19 heavy (non-hydrogen) atoms. The fraction of sp³-hybridized carbons (Fsp3) is 0.857. The highest BCUT2D eigenvalue weighted by atomic mass is 16.5. The molecule has 2 rings (SSSR count). The van der Waals surface area contributed by atoms with Crippen LogP contribution in [-0.4, -0.2) is 47.7 Å². The quantitative estimate of drug-likeness (QED) is 0.768. The zero-order chi connectivity index (χ0) is 14.4. The summed E-state index contributed by atoms with van der Waals surface area (Å²) in [5.74, 6) is -1.23. The highest BCUT2D eigenvalue weighted by Crippen LogP contribution is 2.51. The second-order valence-electron chi connectivity index (χ2n) is 6.32. The van der Waals surface area contributed by atoms with Gasteiger partial charge in [-0.05, 0) is 26.2 Å². The third-order valence-corrected chi connectivity index (χ3v) is 4.85. The van der Waals surface area contributed by atoms with E-state index in [0.717, 1.165) is 6.42 Å². The monoisotopic (exact) mass is 269 g/mol. The summed E-state index contributed by atoms with van der Waals surface area (Å²) in [6.45, 7) is 6.77. The number of rotatable bonds is 5. The Hall–Kier alpha value is -1.10. The van der Waals surface area contributed by atoms with Crippen molar-refractivity contribution in [2.24, 2.45) is 10.8 Å². The molecule has 0 spiro atoms. The largest absolute Gasteiger partial charge is 0.480 e. The van der Waals surface area contributed by atoms with Crippen LogP contribution in [0.1, 0.15) is 40.0 Å². The van der Waals surface area contributed by atoms with E-state index >= 15 is 0 Å². The Morgan fingerprint density at radius 3 is 2.32 bits per heavy atom. The maximum absolute atomic E-state index is 12.4. The molecule has 2 atom stereocenters. The third kappa shape index (κ3) is 2.04. The molecule has 5 nitrogen and oxygen atoms in total. The van der Waals surface area contributed by atoms with Crippen LogP contribution in [0, 0.1) is 10.8 Å². The molecule has 2 fully saturated rings. The Morgan fingerprint density at radius 2 is 1.95 bits per heavy atom. The van der Waals surface area contributed by atoms with Gasteiger partial charge in [-0.15, -0.1) is 0 Å². The molecule has 0 unspecified atom stereocenters. The topological polar surface area (TPSA) is 66.8 Å². The number of carboxylic acids is 1. The van der Waals surface area contributed by atoms with Gasteiger partial charge in [0.1, 0.15) is 5.41 Å². The first-order chi connectivity index (χ1) is 8.77. The van der Waals surface area contributed by atoms with Gasteiger partial charge in [-0.2, -0.15) is 0 Å². The molecule has 1 N–H and O–H groups in total. The van der Waals surface area contributed by atoms with E-state index in [2.05, 4.69) is 13.8 Å². The molecule has 0 heterocycles. The molecule has 0 saturated heterocycles. The molecule has 0 radical (unpaired) electrons. The maximum atomic E-state index is 12.4. The van der Waals surface area contributed by atoms with Crippen LogP contribution in [0.2, 0.25) is 0 Å². The van der Waals surface area contributed by atoms with Gasteiger partial charge in [0, 0.05) is 25.1 Å². The molecule has 0 bridgehead atoms. The molecule has 2 saturated carbocycles. The number of amides is 1. The van der Waals surface area contributed by atoms with Crippen molar-refractivity contribution in [2.45, 2.75) is 52.2 Å².